The van der Waals surface area contributed by atoms with Crippen LogP contribution in [0.5, 0.6) is 0 Å². The van der Waals surface area contributed by atoms with E-state index in [2.05, 4.69) is 29.6 Å². The van der Waals surface area contributed by atoms with Gasteiger partial charge in [-0.2, -0.15) is 0 Å². The molecule has 0 radical (unpaired) electrons. The predicted octanol–water partition coefficient (Wildman–Crippen LogP) is 2.90. The summed E-state index contributed by atoms with van der Waals surface area (Å²) in [6.45, 7) is 4.15. The maximum Gasteiger partial charge on any atom is 0.243 e. The second-order valence-corrected chi connectivity index (χ2v) is 8.31. The molecule has 0 fully saturated rings. The van der Waals surface area contributed by atoms with Crippen LogP contribution in [0, 0.1) is 6.92 Å². The molecule has 0 heterocycles. The molecule has 26 heavy (non-hydrogen) atoms. The molecule has 1 unspecified atom stereocenters. The summed E-state index contributed by atoms with van der Waals surface area (Å²) in [5, 5.41) is 2.84. The van der Waals surface area contributed by atoms with E-state index in [-0.39, 0.29) is 5.91 Å². The molecule has 1 amide bonds. The van der Waals surface area contributed by atoms with Crippen molar-refractivity contribution in [1.29, 1.82) is 0 Å². The minimum absolute atomic E-state index is 0.303. The summed E-state index contributed by atoms with van der Waals surface area (Å²) in [6.07, 6.45) is 2.77. The Bertz CT molecular complexity index is 818. The second kappa shape index (κ2) is 8.85. The molecule has 2 aromatic rings. The average molecular weight is 375 g/mol. The largest absolute Gasteiger partial charge is 0.354 e. The summed E-state index contributed by atoms with van der Waals surface area (Å²) >= 11 is 0. The highest BCUT2D eigenvalue weighted by atomic mass is 32.2. The Hall–Kier alpha value is -2.34. The number of nitrogens with one attached hydrogen (secondary N) is 1. The summed E-state index contributed by atoms with van der Waals surface area (Å²) in [6, 6.07) is 16.2. The van der Waals surface area contributed by atoms with Crippen LogP contribution in [0.3, 0.4) is 0 Å². The molecule has 6 heteroatoms. The Morgan fingerprint density at radius 1 is 1.08 bits per heavy atom. The van der Waals surface area contributed by atoms with Gasteiger partial charge in [-0.15, -0.1) is 0 Å². The number of carbonyl (C=O) groups is 1. The van der Waals surface area contributed by atoms with Crippen molar-refractivity contribution < 1.29 is 13.2 Å². The van der Waals surface area contributed by atoms with E-state index in [1.165, 1.54) is 11.1 Å². The minimum Gasteiger partial charge on any atom is -0.354 e. The quantitative estimate of drug-likeness (QED) is 0.723. The van der Waals surface area contributed by atoms with E-state index in [4.69, 9.17) is 0 Å². The lowest BCUT2D eigenvalue weighted by molar-refractivity contribution is -0.121. The fourth-order valence-corrected chi connectivity index (χ4v) is 3.97. The Kier molecular flexibility index (Phi) is 6.80. The van der Waals surface area contributed by atoms with E-state index in [9.17, 15) is 13.2 Å². The fourth-order valence-electron chi connectivity index (χ4n) is 2.79. The zero-order chi connectivity index (χ0) is 19.2. The Balaban J connectivity index is 1.93. The first-order valence-corrected chi connectivity index (χ1v) is 10.5. The van der Waals surface area contributed by atoms with Gasteiger partial charge in [0.25, 0.3) is 0 Å². The standard InChI is InChI=1S/C20H26N2O3S/c1-16-11-13-18(14-12-16)8-7-15-21-20(23)17(2)22(26(3,24)25)19-9-5-4-6-10-19/h4-6,9-14,17H,7-8,15H2,1-3H3,(H,21,23). The summed E-state index contributed by atoms with van der Waals surface area (Å²) < 4.78 is 25.5. The molecule has 0 saturated carbocycles. The number of para-hydroxylation sites is 1. The molecule has 0 aliphatic heterocycles. The molecule has 0 bridgehead atoms. The molecule has 5 nitrogen and oxygen atoms in total. The second-order valence-electron chi connectivity index (χ2n) is 6.45. The zero-order valence-corrected chi connectivity index (χ0v) is 16.3. The van der Waals surface area contributed by atoms with E-state index in [0.717, 1.165) is 23.4 Å². The highest BCUT2D eigenvalue weighted by Crippen LogP contribution is 2.20. The van der Waals surface area contributed by atoms with Gasteiger partial charge >= 0.3 is 0 Å². The fraction of sp³-hybridized carbons (Fsp3) is 0.350. The Morgan fingerprint density at radius 2 is 1.69 bits per heavy atom. The molecule has 1 N–H and O–H groups in total. The van der Waals surface area contributed by atoms with Gasteiger partial charge in [-0.25, -0.2) is 8.42 Å². The van der Waals surface area contributed by atoms with Crippen LogP contribution >= 0.6 is 0 Å². The van der Waals surface area contributed by atoms with E-state index in [1.807, 2.05) is 6.92 Å². The van der Waals surface area contributed by atoms with Crippen LogP contribution in [0.1, 0.15) is 24.5 Å². The van der Waals surface area contributed by atoms with Crippen molar-refractivity contribution >= 4 is 21.6 Å². The van der Waals surface area contributed by atoms with Crippen LogP contribution in [-0.2, 0) is 21.2 Å². The van der Waals surface area contributed by atoms with E-state index < -0.39 is 16.1 Å². The SMILES string of the molecule is Cc1ccc(CCCNC(=O)C(C)N(c2ccccc2)S(C)(=O)=O)cc1. The number of rotatable bonds is 8. The Labute approximate surface area is 156 Å². The molecule has 0 aliphatic carbocycles. The van der Waals surface area contributed by atoms with Gasteiger partial charge in [-0.3, -0.25) is 9.10 Å². The highest BCUT2D eigenvalue weighted by molar-refractivity contribution is 7.92. The van der Waals surface area contributed by atoms with Crippen molar-refractivity contribution in [2.45, 2.75) is 32.7 Å². The lowest BCUT2D eigenvalue weighted by Gasteiger charge is -2.28. The third-order valence-electron chi connectivity index (χ3n) is 4.16. The van der Waals surface area contributed by atoms with Crippen LogP contribution in [0.25, 0.3) is 0 Å². The average Bonchev–Trinajstić information content (AvgIpc) is 2.60. The molecular weight excluding hydrogens is 348 g/mol. The van der Waals surface area contributed by atoms with E-state index in [1.54, 1.807) is 37.3 Å². The molecule has 0 aliphatic rings. The number of aryl methyl sites for hydroxylation is 2. The number of nitrogens with zero attached hydrogens (tertiary/aromatic N) is 1. The number of hydrogen-bond donors (Lipinski definition) is 1. The van der Waals surface area contributed by atoms with Crippen molar-refractivity contribution in [3.8, 4) is 0 Å². The predicted molar refractivity (Wildman–Crippen MR) is 106 cm³/mol. The van der Waals surface area contributed by atoms with Crippen molar-refractivity contribution in [1.82, 2.24) is 5.32 Å². The van der Waals surface area contributed by atoms with Crippen LogP contribution in [-0.4, -0.2) is 33.2 Å². The normalized spacial score (nSPS) is 12.4. The first kappa shape index (κ1) is 20.0. The van der Waals surface area contributed by atoms with Crippen molar-refractivity contribution in [2.75, 3.05) is 17.1 Å². The number of anilines is 1. The molecule has 0 aromatic heterocycles. The number of carbonyl (C=O) groups excluding carboxylic acids is 1. The summed E-state index contributed by atoms with van der Waals surface area (Å²) in [5.74, 6) is -0.303. The summed E-state index contributed by atoms with van der Waals surface area (Å²) in [5.41, 5.74) is 2.93. The number of amides is 1. The van der Waals surface area contributed by atoms with E-state index >= 15 is 0 Å². The highest BCUT2D eigenvalue weighted by Gasteiger charge is 2.28. The lowest BCUT2D eigenvalue weighted by Crippen LogP contribution is -2.48. The van der Waals surface area contributed by atoms with Gasteiger partial charge in [0, 0.05) is 6.54 Å². The minimum atomic E-state index is -3.57. The zero-order valence-electron chi connectivity index (χ0n) is 15.5. The Morgan fingerprint density at radius 3 is 2.27 bits per heavy atom. The van der Waals surface area contributed by atoms with Gasteiger partial charge in [0.2, 0.25) is 15.9 Å². The summed E-state index contributed by atoms with van der Waals surface area (Å²) in [7, 11) is -3.57. The van der Waals surface area contributed by atoms with Crippen LogP contribution in [0.15, 0.2) is 54.6 Å². The molecule has 2 rings (SSSR count). The summed E-state index contributed by atoms with van der Waals surface area (Å²) in [4.78, 5) is 12.4. The topological polar surface area (TPSA) is 66.5 Å². The molecular formula is C20H26N2O3S. The van der Waals surface area contributed by atoms with Gasteiger partial charge in [-0.05, 0) is 44.4 Å². The smallest absolute Gasteiger partial charge is 0.243 e. The maximum atomic E-state index is 12.4. The first-order chi connectivity index (χ1) is 12.3. The van der Waals surface area contributed by atoms with Crippen molar-refractivity contribution in [3.63, 3.8) is 0 Å². The first-order valence-electron chi connectivity index (χ1n) is 8.67. The number of sulfonamides is 1. The third-order valence-corrected chi connectivity index (χ3v) is 5.40. The maximum absolute atomic E-state index is 12.4. The molecule has 2 aromatic carbocycles. The van der Waals surface area contributed by atoms with Gasteiger partial charge < -0.3 is 5.32 Å². The molecule has 0 spiro atoms. The van der Waals surface area contributed by atoms with Crippen molar-refractivity contribution in [3.05, 3.63) is 65.7 Å². The number of hydrogen-bond acceptors (Lipinski definition) is 3. The molecule has 140 valence electrons. The van der Waals surface area contributed by atoms with Gasteiger partial charge in [0.1, 0.15) is 6.04 Å². The monoisotopic (exact) mass is 374 g/mol. The van der Waals surface area contributed by atoms with Gasteiger partial charge in [-0.1, -0.05) is 48.0 Å². The molecule has 0 saturated heterocycles. The van der Waals surface area contributed by atoms with Gasteiger partial charge in [0.05, 0.1) is 11.9 Å². The lowest BCUT2D eigenvalue weighted by atomic mass is 10.1. The third kappa shape index (κ3) is 5.59. The number of benzene rings is 2. The van der Waals surface area contributed by atoms with Crippen molar-refractivity contribution in [2.24, 2.45) is 0 Å². The van der Waals surface area contributed by atoms with Gasteiger partial charge in [0.15, 0.2) is 0 Å². The van der Waals surface area contributed by atoms with Crippen LogP contribution in [0.4, 0.5) is 5.69 Å². The molecule has 1 atom stereocenters. The van der Waals surface area contributed by atoms with Crippen LogP contribution < -0.4 is 9.62 Å². The van der Waals surface area contributed by atoms with E-state index in [0.29, 0.717) is 12.2 Å². The van der Waals surface area contributed by atoms with Crippen LogP contribution in [0.2, 0.25) is 0 Å².